The van der Waals surface area contributed by atoms with Crippen LogP contribution < -0.4 is 5.01 Å². The van der Waals surface area contributed by atoms with Crippen LogP contribution in [0.1, 0.15) is 12.7 Å². The van der Waals surface area contributed by atoms with Gasteiger partial charge in [0.1, 0.15) is 4.92 Å². The van der Waals surface area contributed by atoms with Gasteiger partial charge in [-0.3, -0.25) is 14.9 Å². The van der Waals surface area contributed by atoms with E-state index in [-0.39, 0.29) is 11.7 Å². The van der Waals surface area contributed by atoms with Gasteiger partial charge in [0.25, 0.3) is 0 Å². The quantitative estimate of drug-likeness (QED) is 0.212. The minimum absolute atomic E-state index is 0.144. The van der Waals surface area contributed by atoms with Gasteiger partial charge in [-0.25, -0.2) is 4.98 Å². The summed E-state index contributed by atoms with van der Waals surface area (Å²) in [6.07, 6.45) is 1.24. The molecule has 0 aliphatic heterocycles. The Morgan fingerprint density at radius 3 is 2.61 bits per heavy atom. The lowest BCUT2D eigenvalue weighted by molar-refractivity contribution is -0.402. The first kappa shape index (κ1) is 20.4. The van der Waals surface area contributed by atoms with E-state index in [1.807, 2.05) is 48.5 Å². The second-order valence-corrected chi connectivity index (χ2v) is 7.48. The van der Waals surface area contributed by atoms with E-state index >= 15 is 0 Å². The zero-order valence-corrected chi connectivity index (χ0v) is 17.8. The standard InChI is InChI=1S/C22H15BrN4O4/c1-14(28)26(24-13-17-8-10-22(31-17)27(29)30)21-12-18(15-5-3-2-4-6-15)19-11-16(23)7-9-20(19)25-21/h2-13H,1H3/b24-13-. The zero-order chi connectivity index (χ0) is 22.0. The molecule has 0 saturated carbocycles. The highest BCUT2D eigenvalue weighted by Gasteiger charge is 2.17. The average Bonchev–Trinajstić information content (AvgIpc) is 3.23. The topological polar surface area (TPSA) is 102 Å². The molecule has 0 atom stereocenters. The molecule has 8 nitrogen and oxygen atoms in total. The number of pyridine rings is 1. The van der Waals surface area contributed by atoms with Gasteiger partial charge in [-0.15, -0.1) is 0 Å². The fourth-order valence-electron chi connectivity index (χ4n) is 3.08. The number of anilines is 1. The van der Waals surface area contributed by atoms with Crippen molar-refractivity contribution in [1.29, 1.82) is 0 Å². The van der Waals surface area contributed by atoms with Gasteiger partial charge in [0.15, 0.2) is 11.6 Å². The molecule has 154 valence electrons. The number of amides is 1. The van der Waals surface area contributed by atoms with Crippen molar-refractivity contribution < 1.29 is 14.1 Å². The number of hydrazone groups is 1. The molecule has 0 spiro atoms. The van der Waals surface area contributed by atoms with Gasteiger partial charge in [0.05, 0.1) is 17.8 Å². The molecule has 2 heterocycles. The number of carbonyl (C=O) groups excluding carboxylic acids is 1. The van der Waals surface area contributed by atoms with Crippen molar-refractivity contribution in [3.05, 3.63) is 87.1 Å². The third kappa shape index (κ3) is 4.36. The average molecular weight is 479 g/mol. The van der Waals surface area contributed by atoms with Gasteiger partial charge >= 0.3 is 5.88 Å². The van der Waals surface area contributed by atoms with Crippen LogP contribution in [-0.2, 0) is 4.79 Å². The SMILES string of the molecule is CC(=O)N(/N=C\c1ccc([N+](=O)[O-])o1)c1cc(-c2ccccc2)c2cc(Br)ccc2n1. The van der Waals surface area contributed by atoms with Crippen molar-refractivity contribution >= 4 is 50.7 Å². The van der Waals surface area contributed by atoms with Crippen molar-refractivity contribution in [2.75, 3.05) is 5.01 Å². The highest BCUT2D eigenvalue weighted by molar-refractivity contribution is 9.10. The normalized spacial score (nSPS) is 11.2. The Morgan fingerprint density at radius 1 is 1.16 bits per heavy atom. The van der Waals surface area contributed by atoms with E-state index in [4.69, 9.17) is 4.42 Å². The van der Waals surface area contributed by atoms with E-state index in [9.17, 15) is 14.9 Å². The Balaban J connectivity index is 1.82. The number of benzene rings is 2. The van der Waals surface area contributed by atoms with Gasteiger partial charge in [-0.05, 0) is 41.5 Å². The molecule has 0 aliphatic carbocycles. The van der Waals surface area contributed by atoms with Crippen molar-refractivity contribution in [3.63, 3.8) is 0 Å². The summed E-state index contributed by atoms with van der Waals surface area (Å²) in [5, 5.41) is 17.0. The smallest absolute Gasteiger partial charge is 0.400 e. The molecule has 4 rings (SSSR count). The maximum absolute atomic E-state index is 12.3. The number of carbonyl (C=O) groups is 1. The van der Waals surface area contributed by atoms with Gasteiger partial charge in [-0.1, -0.05) is 46.3 Å². The van der Waals surface area contributed by atoms with E-state index in [1.165, 1.54) is 25.3 Å². The minimum atomic E-state index is -0.644. The van der Waals surface area contributed by atoms with E-state index < -0.39 is 10.8 Å². The molecule has 31 heavy (non-hydrogen) atoms. The number of rotatable bonds is 5. The Bertz CT molecular complexity index is 1320. The zero-order valence-electron chi connectivity index (χ0n) is 16.2. The van der Waals surface area contributed by atoms with Crippen LogP contribution in [0.15, 0.2) is 80.7 Å². The molecular formula is C22H15BrN4O4. The number of nitrogens with zero attached hydrogens (tertiary/aromatic N) is 4. The van der Waals surface area contributed by atoms with Crippen LogP contribution in [-0.4, -0.2) is 22.0 Å². The molecule has 9 heteroatoms. The summed E-state index contributed by atoms with van der Waals surface area (Å²) in [7, 11) is 0. The third-order valence-corrected chi connectivity index (χ3v) is 4.94. The van der Waals surface area contributed by atoms with Crippen LogP contribution in [0.25, 0.3) is 22.0 Å². The summed E-state index contributed by atoms with van der Waals surface area (Å²) in [4.78, 5) is 27.1. The molecule has 0 saturated heterocycles. The van der Waals surface area contributed by atoms with Crippen LogP contribution in [0.5, 0.6) is 0 Å². The summed E-state index contributed by atoms with van der Waals surface area (Å²) in [6, 6.07) is 19.9. The summed E-state index contributed by atoms with van der Waals surface area (Å²) >= 11 is 3.50. The fraction of sp³-hybridized carbons (Fsp3) is 0.0455. The van der Waals surface area contributed by atoms with E-state index in [0.29, 0.717) is 11.3 Å². The fourth-order valence-corrected chi connectivity index (χ4v) is 3.44. The molecule has 0 unspecified atom stereocenters. The van der Waals surface area contributed by atoms with Crippen LogP contribution >= 0.6 is 15.9 Å². The lowest BCUT2D eigenvalue weighted by Crippen LogP contribution is -2.23. The highest BCUT2D eigenvalue weighted by Crippen LogP contribution is 2.33. The molecule has 0 fully saturated rings. The summed E-state index contributed by atoms with van der Waals surface area (Å²) in [5.74, 6) is -0.318. The van der Waals surface area contributed by atoms with E-state index in [0.717, 1.165) is 26.0 Å². The number of aromatic nitrogens is 1. The second-order valence-electron chi connectivity index (χ2n) is 6.56. The summed E-state index contributed by atoms with van der Waals surface area (Å²) in [6.45, 7) is 1.36. The summed E-state index contributed by atoms with van der Waals surface area (Å²) < 4.78 is 5.99. The maximum Gasteiger partial charge on any atom is 0.433 e. The molecule has 2 aromatic carbocycles. The van der Waals surface area contributed by atoms with E-state index in [2.05, 4.69) is 26.0 Å². The van der Waals surface area contributed by atoms with Crippen molar-refractivity contribution in [2.45, 2.75) is 6.92 Å². The van der Waals surface area contributed by atoms with Crippen molar-refractivity contribution in [1.82, 2.24) is 4.98 Å². The minimum Gasteiger partial charge on any atom is -0.400 e. The van der Waals surface area contributed by atoms with Crippen LogP contribution in [0.3, 0.4) is 0 Å². The number of fused-ring (bicyclic) bond motifs is 1. The van der Waals surface area contributed by atoms with Gasteiger partial charge in [0.2, 0.25) is 5.91 Å². The second kappa shape index (κ2) is 8.49. The molecule has 1 amide bonds. The third-order valence-electron chi connectivity index (χ3n) is 4.45. The van der Waals surface area contributed by atoms with Crippen molar-refractivity contribution in [3.8, 4) is 11.1 Å². The molecule has 2 aromatic heterocycles. The molecule has 4 aromatic rings. The molecule has 0 radical (unpaired) electrons. The highest BCUT2D eigenvalue weighted by atomic mass is 79.9. The Kier molecular flexibility index (Phi) is 5.59. The molecule has 0 bridgehead atoms. The molecule has 0 aliphatic rings. The molecule has 0 N–H and O–H groups in total. The largest absolute Gasteiger partial charge is 0.433 e. The number of halogens is 1. The van der Waals surface area contributed by atoms with Crippen LogP contribution in [0, 0.1) is 10.1 Å². The first-order chi connectivity index (χ1) is 14.9. The first-order valence-corrected chi connectivity index (χ1v) is 9.96. The predicted molar refractivity (Wildman–Crippen MR) is 121 cm³/mol. The maximum atomic E-state index is 12.3. The number of hydrogen-bond acceptors (Lipinski definition) is 6. The Hall–Kier alpha value is -3.85. The Labute approximate surface area is 185 Å². The van der Waals surface area contributed by atoms with Gasteiger partial charge in [0, 0.05) is 16.8 Å². The van der Waals surface area contributed by atoms with Gasteiger partial charge < -0.3 is 4.42 Å². The lowest BCUT2D eigenvalue weighted by atomic mass is 10.0. The van der Waals surface area contributed by atoms with E-state index in [1.54, 1.807) is 6.07 Å². The number of furan rings is 1. The lowest BCUT2D eigenvalue weighted by Gasteiger charge is -2.17. The summed E-state index contributed by atoms with van der Waals surface area (Å²) in [5.41, 5.74) is 2.54. The van der Waals surface area contributed by atoms with Crippen LogP contribution in [0.4, 0.5) is 11.7 Å². The Morgan fingerprint density at radius 2 is 1.94 bits per heavy atom. The number of hydrogen-bond donors (Lipinski definition) is 0. The first-order valence-electron chi connectivity index (χ1n) is 9.17. The number of nitro groups is 1. The molecular weight excluding hydrogens is 464 g/mol. The monoisotopic (exact) mass is 478 g/mol. The van der Waals surface area contributed by atoms with Gasteiger partial charge in [-0.2, -0.15) is 10.1 Å². The predicted octanol–water partition coefficient (Wildman–Crippen LogP) is 5.55. The van der Waals surface area contributed by atoms with Crippen LogP contribution in [0.2, 0.25) is 0 Å². The van der Waals surface area contributed by atoms with Crippen molar-refractivity contribution in [2.24, 2.45) is 5.10 Å².